The summed E-state index contributed by atoms with van der Waals surface area (Å²) < 4.78 is 51.5. The molecule has 0 aliphatic carbocycles. The standard InChI is InChI=1S/C20H19FN2O4S/c1-14-11-16(21)3-8-19(14)28(24,25)23-13-15-9-10-22-20(12-15)27-18-6-4-17(26-2)5-7-18/h3-12,23H,13H2,1-2H3. The second-order valence-electron chi connectivity index (χ2n) is 6.01. The summed E-state index contributed by atoms with van der Waals surface area (Å²) in [5, 5.41) is 0. The summed E-state index contributed by atoms with van der Waals surface area (Å²) in [6.45, 7) is 1.59. The Bertz CT molecular complexity index is 1070. The van der Waals surface area contributed by atoms with Gasteiger partial charge in [-0.25, -0.2) is 22.5 Å². The minimum atomic E-state index is -3.78. The Morgan fingerprint density at radius 2 is 1.75 bits per heavy atom. The van der Waals surface area contributed by atoms with Crippen LogP contribution in [0.4, 0.5) is 4.39 Å². The molecular weight excluding hydrogens is 383 g/mol. The van der Waals surface area contributed by atoms with E-state index in [4.69, 9.17) is 9.47 Å². The number of methoxy groups -OCH3 is 1. The second-order valence-corrected chi connectivity index (χ2v) is 7.75. The first kappa shape index (κ1) is 19.8. The lowest BCUT2D eigenvalue weighted by Gasteiger charge is -2.10. The van der Waals surface area contributed by atoms with Crippen LogP contribution in [0.2, 0.25) is 0 Å². The van der Waals surface area contributed by atoms with Crippen molar-refractivity contribution in [1.82, 2.24) is 9.71 Å². The highest BCUT2D eigenvalue weighted by molar-refractivity contribution is 7.89. The SMILES string of the molecule is COc1ccc(Oc2cc(CNS(=O)(=O)c3ccc(F)cc3C)ccn2)cc1. The van der Waals surface area contributed by atoms with Crippen molar-refractivity contribution in [1.29, 1.82) is 0 Å². The number of aryl methyl sites for hydroxylation is 1. The van der Waals surface area contributed by atoms with Gasteiger partial charge in [0.1, 0.15) is 17.3 Å². The van der Waals surface area contributed by atoms with Crippen LogP contribution in [0, 0.1) is 12.7 Å². The van der Waals surface area contributed by atoms with E-state index >= 15 is 0 Å². The number of halogens is 1. The maximum Gasteiger partial charge on any atom is 0.241 e. The van der Waals surface area contributed by atoms with E-state index in [1.807, 2.05) is 0 Å². The van der Waals surface area contributed by atoms with Crippen molar-refractivity contribution in [2.45, 2.75) is 18.4 Å². The molecule has 3 rings (SSSR count). The predicted molar refractivity (Wildman–Crippen MR) is 102 cm³/mol. The van der Waals surface area contributed by atoms with E-state index in [0.29, 0.717) is 28.5 Å². The van der Waals surface area contributed by atoms with Crippen LogP contribution in [0.15, 0.2) is 65.7 Å². The molecule has 6 nitrogen and oxygen atoms in total. The number of ether oxygens (including phenoxy) is 2. The minimum absolute atomic E-state index is 0.0395. The average Bonchev–Trinajstić information content (AvgIpc) is 2.67. The van der Waals surface area contributed by atoms with Gasteiger partial charge in [-0.15, -0.1) is 0 Å². The molecule has 0 saturated heterocycles. The Kier molecular flexibility index (Phi) is 5.91. The average molecular weight is 402 g/mol. The number of benzene rings is 2. The summed E-state index contributed by atoms with van der Waals surface area (Å²) in [6, 6.07) is 13.9. The van der Waals surface area contributed by atoms with Gasteiger partial charge in [0.2, 0.25) is 15.9 Å². The summed E-state index contributed by atoms with van der Waals surface area (Å²) in [5.74, 6) is 1.14. The highest BCUT2D eigenvalue weighted by atomic mass is 32.2. The van der Waals surface area contributed by atoms with Crippen LogP contribution in [0.1, 0.15) is 11.1 Å². The van der Waals surface area contributed by atoms with Gasteiger partial charge in [-0.2, -0.15) is 0 Å². The van der Waals surface area contributed by atoms with E-state index in [9.17, 15) is 12.8 Å². The highest BCUT2D eigenvalue weighted by Crippen LogP contribution is 2.23. The van der Waals surface area contributed by atoms with E-state index in [0.717, 1.165) is 6.07 Å². The molecule has 0 fully saturated rings. The fourth-order valence-electron chi connectivity index (χ4n) is 2.55. The Morgan fingerprint density at radius 3 is 2.43 bits per heavy atom. The maximum atomic E-state index is 13.2. The van der Waals surface area contributed by atoms with Gasteiger partial charge in [-0.1, -0.05) is 0 Å². The predicted octanol–water partition coefficient (Wildman–Crippen LogP) is 3.81. The Hall–Kier alpha value is -2.97. The van der Waals surface area contributed by atoms with Gasteiger partial charge in [0.15, 0.2) is 0 Å². The van der Waals surface area contributed by atoms with Crippen molar-refractivity contribution in [2.24, 2.45) is 0 Å². The lowest BCUT2D eigenvalue weighted by Crippen LogP contribution is -2.24. The number of nitrogens with one attached hydrogen (secondary N) is 1. The zero-order valence-electron chi connectivity index (χ0n) is 15.3. The zero-order chi connectivity index (χ0) is 20.1. The summed E-state index contributed by atoms with van der Waals surface area (Å²) in [4.78, 5) is 4.17. The largest absolute Gasteiger partial charge is 0.497 e. The Balaban J connectivity index is 1.70. The third kappa shape index (κ3) is 4.85. The molecule has 3 aromatic rings. The minimum Gasteiger partial charge on any atom is -0.497 e. The maximum absolute atomic E-state index is 13.2. The van der Waals surface area contributed by atoms with E-state index in [1.54, 1.807) is 50.4 Å². The number of pyridine rings is 1. The summed E-state index contributed by atoms with van der Waals surface area (Å²) in [7, 11) is -2.20. The fraction of sp³-hybridized carbons (Fsp3) is 0.150. The van der Waals surface area contributed by atoms with E-state index < -0.39 is 15.8 Å². The van der Waals surface area contributed by atoms with Crippen LogP contribution < -0.4 is 14.2 Å². The van der Waals surface area contributed by atoms with Crippen molar-refractivity contribution in [2.75, 3.05) is 7.11 Å². The van der Waals surface area contributed by atoms with E-state index in [2.05, 4.69) is 9.71 Å². The van der Waals surface area contributed by atoms with Crippen molar-refractivity contribution in [3.05, 3.63) is 77.7 Å². The molecule has 2 aromatic carbocycles. The van der Waals surface area contributed by atoms with Gasteiger partial charge in [0.25, 0.3) is 0 Å². The molecule has 0 radical (unpaired) electrons. The number of sulfonamides is 1. The summed E-state index contributed by atoms with van der Waals surface area (Å²) in [6.07, 6.45) is 1.53. The van der Waals surface area contributed by atoms with Crippen LogP contribution in [0.25, 0.3) is 0 Å². The Labute approximate surface area is 163 Å². The van der Waals surface area contributed by atoms with Crippen LogP contribution in [0.5, 0.6) is 17.4 Å². The van der Waals surface area contributed by atoms with Crippen LogP contribution in [0.3, 0.4) is 0 Å². The molecule has 0 aliphatic heterocycles. The molecule has 28 heavy (non-hydrogen) atoms. The number of hydrogen-bond acceptors (Lipinski definition) is 5. The molecule has 0 amide bonds. The second kappa shape index (κ2) is 8.37. The van der Waals surface area contributed by atoms with Gasteiger partial charge >= 0.3 is 0 Å². The first-order valence-electron chi connectivity index (χ1n) is 8.40. The lowest BCUT2D eigenvalue weighted by atomic mass is 10.2. The molecule has 8 heteroatoms. The highest BCUT2D eigenvalue weighted by Gasteiger charge is 2.17. The third-order valence-corrected chi connectivity index (χ3v) is 5.54. The molecule has 0 aliphatic rings. The van der Waals surface area contributed by atoms with Crippen LogP contribution >= 0.6 is 0 Å². The number of hydrogen-bond donors (Lipinski definition) is 1. The molecular formula is C20H19FN2O4S. The molecule has 1 N–H and O–H groups in total. The molecule has 1 heterocycles. The summed E-state index contributed by atoms with van der Waals surface area (Å²) >= 11 is 0. The Morgan fingerprint density at radius 1 is 1.04 bits per heavy atom. The first-order chi connectivity index (χ1) is 13.4. The van der Waals surface area contributed by atoms with Crippen LogP contribution in [-0.2, 0) is 16.6 Å². The smallest absolute Gasteiger partial charge is 0.241 e. The number of aromatic nitrogens is 1. The van der Waals surface area contributed by atoms with Gasteiger partial charge in [-0.05, 0) is 66.6 Å². The van der Waals surface area contributed by atoms with Gasteiger partial charge in [0, 0.05) is 18.8 Å². The van der Waals surface area contributed by atoms with Gasteiger partial charge in [-0.3, -0.25) is 0 Å². The lowest BCUT2D eigenvalue weighted by molar-refractivity contribution is 0.412. The monoisotopic (exact) mass is 402 g/mol. The quantitative estimate of drug-likeness (QED) is 0.650. The van der Waals surface area contributed by atoms with Crippen molar-refractivity contribution >= 4 is 10.0 Å². The molecule has 0 unspecified atom stereocenters. The molecule has 146 valence electrons. The fourth-order valence-corrected chi connectivity index (χ4v) is 3.79. The summed E-state index contributed by atoms with van der Waals surface area (Å²) in [5.41, 5.74) is 1.01. The molecule has 0 bridgehead atoms. The van der Waals surface area contributed by atoms with Crippen LogP contribution in [-0.4, -0.2) is 20.5 Å². The van der Waals surface area contributed by atoms with Crippen molar-refractivity contribution in [3.63, 3.8) is 0 Å². The molecule has 0 spiro atoms. The third-order valence-electron chi connectivity index (χ3n) is 3.97. The van der Waals surface area contributed by atoms with Crippen molar-refractivity contribution < 1.29 is 22.3 Å². The normalized spacial score (nSPS) is 11.2. The zero-order valence-corrected chi connectivity index (χ0v) is 16.2. The topological polar surface area (TPSA) is 77.5 Å². The van der Waals surface area contributed by atoms with E-state index in [1.165, 1.54) is 18.3 Å². The van der Waals surface area contributed by atoms with Crippen molar-refractivity contribution in [3.8, 4) is 17.4 Å². The first-order valence-corrected chi connectivity index (χ1v) is 9.88. The molecule has 0 atom stereocenters. The molecule has 1 aromatic heterocycles. The number of nitrogens with zero attached hydrogens (tertiary/aromatic N) is 1. The van der Waals surface area contributed by atoms with E-state index in [-0.39, 0.29) is 11.4 Å². The number of rotatable bonds is 7. The van der Waals surface area contributed by atoms with Gasteiger partial charge in [0.05, 0.1) is 12.0 Å². The van der Waals surface area contributed by atoms with Gasteiger partial charge < -0.3 is 9.47 Å². The molecule has 0 saturated carbocycles.